The standard InChI is InChI=1S/C36H53N7O6.3CH4.2H2S/c1-5-10-25(29(44)34(48)39-23-15-16-23)40-33(47)28-24-14-9-13-22(24)20-43(28)35(49)30(36(2,3)4)42-32(46)27(21-11-7-6-8-12-21)41-31(45)26-19-37-17-18-38-26;;;;;/h17-19,21-25,27-28,30H,5-16,20H2,1-4H3,(H,39,48)(H,40,47)(H,41,45)(H,42,46);3*1H4;2*1H2/t22-,24-,25+,27-,28-,30+;;;;;/m1...../s1. The molecule has 1 saturated heterocycles. The Hall–Kier alpha value is -3.20. The van der Waals surface area contributed by atoms with Crippen LogP contribution >= 0.6 is 27.0 Å². The average molecular weight is 796 g/mol. The number of likely N-dealkylation sites (tertiary alicyclic amines) is 1. The Labute approximate surface area is 337 Å². The van der Waals surface area contributed by atoms with E-state index in [-0.39, 0.29) is 84.7 Å². The predicted molar refractivity (Wildman–Crippen MR) is 222 cm³/mol. The molecule has 2 heterocycles. The maximum atomic E-state index is 14.6. The van der Waals surface area contributed by atoms with Gasteiger partial charge in [-0.2, -0.15) is 27.0 Å². The summed E-state index contributed by atoms with van der Waals surface area (Å²) in [5, 5.41) is 11.5. The van der Waals surface area contributed by atoms with Gasteiger partial charge in [-0.15, -0.1) is 0 Å². The molecule has 5 rings (SSSR count). The molecule has 4 fully saturated rings. The summed E-state index contributed by atoms with van der Waals surface area (Å²) in [7, 11) is 0. The fraction of sp³-hybridized carbons (Fsp3) is 0.744. The molecular weight excluding hydrogens is 727 g/mol. The number of Topliss-reactive ketones (excluding diaryl/α,β-unsaturated/α-hetero) is 1. The van der Waals surface area contributed by atoms with E-state index in [0.29, 0.717) is 19.4 Å². The van der Waals surface area contributed by atoms with Crippen molar-refractivity contribution in [1.29, 1.82) is 0 Å². The van der Waals surface area contributed by atoms with Crippen LogP contribution in [-0.2, 0) is 24.0 Å². The van der Waals surface area contributed by atoms with Crippen molar-refractivity contribution in [3.63, 3.8) is 0 Å². The van der Waals surface area contributed by atoms with E-state index in [1.807, 2.05) is 27.7 Å². The highest BCUT2D eigenvalue weighted by molar-refractivity contribution is 7.59. The molecule has 1 aromatic rings. The fourth-order valence-electron chi connectivity index (χ4n) is 7.87. The predicted octanol–water partition coefficient (Wildman–Crippen LogP) is 4.58. The number of rotatable bonds is 13. The van der Waals surface area contributed by atoms with E-state index in [1.54, 1.807) is 4.90 Å². The van der Waals surface area contributed by atoms with Crippen molar-refractivity contribution in [3.05, 3.63) is 24.3 Å². The minimum absolute atomic E-state index is 0. The Morgan fingerprint density at radius 2 is 1.52 bits per heavy atom. The van der Waals surface area contributed by atoms with E-state index >= 15 is 0 Å². The van der Waals surface area contributed by atoms with E-state index in [2.05, 4.69) is 31.2 Å². The number of hydrogen-bond acceptors (Lipinski definition) is 8. The summed E-state index contributed by atoms with van der Waals surface area (Å²) < 4.78 is 0. The van der Waals surface area contributed by atoms with E-state index in [4.69, 9.17) is 0 Å². The third-order valence-electron chi connectivity index (χ3n) is 10.7. The minimum atomic E-state index is -0.994. The van der Waals surface area contributed by atoms with Gasteiger partial charge in [0.25, 0.3) is 11.8 Å². The van der Waals surface area contributed by atoms with Gasteiger partial charge in [0, 0.05) is 25.0 Å². The van der Waals surface area contributed by atoms with Crippen LogP contribution in [0.25, 0.3) is 0 Å². The largest absolute Gasteiger partial charge is 0.347 e. The Balaban J connectivity index is 0.00000562. The molecule has 15 heteroatoms. The second-order valence-electron chi connectivity index (χ2n) is 15.5. The monoisotopic (exact) mass is 795 g/mol. The summed E-state index contributed by atoms with van der Waals surface area (Å²) in [6.07, 6.45) is 13.9. The van der Waals surface area contributed by atoms with Gasteiger partial charge in [-0.05, 0) is 68.1 Å². The molecule has 0 spiro atoms. The van der Waals surface area contributed by atoms with Gasteiger partial charge in [-0.25, -0.2) is 4.98 Å². The van der Waals surface area contributed by atoms with Crippen LogP contribution in [0.1, 0.15) is 138 Å². The van der Waals surface area contributed by atoms with Crippen molar-refractivity contribution >= 4 is 62.3 Å². The third kappa shape index (κ3) is 12.4. The van der Waals surface area contributed by atoms with Crippen LogP contribution in [0, 0.1) is 23.2 Å². The molecule has 54 heavy (non-hydrogen) atoms. The summed E-state index contributed by atoms with van der Waals surface area (Å²) in [6, 6.07) is -3.68. The lowest BCUT2D eigenvalue weighted by molar-refractivity contribution is -0.146. The van der Waals surface area contributed by atoms with Crippen LogP contribution in [0.4, 0.5) is 0 Å². The Morgan fingerprint density at radius 1 is 0.852 bits per heavy atom. The molecule has 5 amide bonds. The van der Waals surface area contributed by atoms with Gasteiger partial charge in [0.1, 0.15) is 23.8 Å². The van der Waals surface area contributed by atoms with Gasteiger partial charge in [-0.3, -0.25) is 33.8 Å². The minimum Gasteiger partial charge on any atom is -0.347 e. The first kappa shape index (κ1) is 50.8. The molecule has 0 bridgehead atoms. The summed E-state index contributed by atoms with van der Waals surface area (Å²) >= 11 is 0. The molecular formula is C39H69N7O6S2. The van der Waals surface area contributed by atoms with Crippen molar-refractivity contribution in [3.8, 4) is 0 Å². The van der Waals surface area contributed by atoms with Crippen molar-refractivity contribution in [2.45, 2.75) is 157 Å². The van der Waals surface area contributed by atoms with Crippen LogP contribution in [0.3, 0.4) is 0 Å². The lowest BCUT2D eigenvalue weighted by Crippen LogP contribution is -2.62. The summed E-state index contributed by atoms with van der Waals surface area (Å²) in [5.41, 5.74) is -0.638. The van der Waals surface area contributed by atoms with Gasteiger partial charge in [0.2, 0.25) is 23.5 Å². The van der Waals surface area contributed by atoms with Crippen molar-refractivity contribution in [1.82, 2.24) is 36.1 Å². The summed E-state index contributed by atoms with van der Waals surface area (Å²) in [6.45, 7) is 7.85. The number of amides is 5. The highest BCUT2D eigenvalue weighted by Crippen LogP contribution is 2.43. The Bertz CT molecular complexity index is 1400. The fourth-order valence-corrected chi connectivity index (χ4v) is 7.87. The first-order chi connectivity index (χ1) is 23.4. The number of nitrogens with zero attached hydrogens (tertiary/aromatic N) is 3. The first-order valence-corrected chi connectivity index (χ1v) is 18.2. The van der Waals surface area contributed by atoms with Crippen LogP contribution in [0.15, 0.2) is 18.6 Å². The van der Waals surface area contributed by atoms with Crippen molar-refractivity contribution in [2.75, 3.05) is 6.54 Å². The number of nitrogens with one attached hydrogen (secondary N) is 4. The molecule has 0 aromatic carbocycles. The normalized spacial score (nSPS) is 22.0. The van der Waals surface area contributed by atoms with Crippen LogP contribution in [0.2, 0.25) is 0 Å². The number of carbonyl (C=O) groups is 6. The first-order valence-electron chi connectivity index (χ1n) is 18.2. The zero-order valence-electron chi connectivity index (χ0n) is 30.3. The zero-order valence-corrected chi connectivity index (χ0v) is 32.3. The number of ketones is 1. The third-order valence-corrected chi connectivity index (χ3v) is 10.7. The van der Waals surface area contributed by atoms with E-state index in [9.17, 15) is 28.8 Å². The van der Waals surface area contributed by atoms with Gasteiger partial charge in [0.05, 0.1) is 12.2 Å². The molecule has 1 aliphatic heterocycles. The highest BCUT2D eigenvalue weighted by Gasteiger charge is 2.52. The van der Waals surface area contributed by atoms with Crippen LogP contribution in [-0.4, -0.2) is 86.9 Å². The van der Waals surface area contributed by atoms with E-state index in [0.717, 1.165) is 64.2 Å². The number of fused-ring (bicyclic) bond motifs is 1. The molecule has 308 valence electrons. The average Bonchev–Trinajstić information content (AvgIpc) is 3.65. The van der Waals surface area contributed by atoms with Gasteiger partial charge in [0.15, 0.2) is 0 Å². The molecule has 0 radical (unpaired) electrons. The molecule has 4 N–H and O–H groups in total. The Kier molecular flexibility index (Phi) is 21.1. The van der Waals surface area contributed by atoms with E-state index < -0.39 is 59.0 Å². The van der Waals surface area contributed by atoms with Gasteiger partial charge in [-0.1, -0.05) is 82.1 Å². The summed E-state index contributed by atoms with van der Waals surface area (Å²) in [4.78, 5) is 91.4. The topological polar surface area (TPSA) is 180 Å². The number of aromatic nitrogens is 2. The molecule has 13 nitrogen and oxygen atoms in total. The highest BCUT2D eigenvalue weighted by atomic mass is 32.1. The van der Waals surface area contributed by atoms with Crippen LogP contribution < -0.4 is 21.3 Å². The Morgan fingerprint density at radius 3 is 2.09 bits per heavy atom. The molecule has 1 aromatic heterocycles. The van der Waals surface area contributed by atoms with Gasteiger partial charge < -0.3 is 26.2 Å². The maximum Gasteiger partial charge on any atom is 0.289 e. The molecule has 3 aliphatic carbocycles. The lowest BCUT2D eigenvalue weighted by atomic mass is 9.82. The number of carbonyl (C=O) groups excluding carboxylic acids is 6. The summed E-state index contributed by atoms with van der Waals surface area (Å²) in [5.74, 6) is -3.20. The molecule has 0 unspecified atom stereocenters. The lowest BCUT2D eigenvalue weighted by Gasteiger charge is -2.38. The molecule has 6 atom stereocenters. The van der Waals surface area contributed by atoms with Crippen molar-refractivity contribution < 1.29 is 28.8 Å². The maximum absolute atomic E-state index is 14.6. The number of hydrogen-bond donors (Lipinski definition) is 4. The quantitative estimate of drug-likeness (QED) is 0.210. The second-order valence-corrected chi connectivity index (χ2v) is 15.5. The zero-order chi connectivity index (χ0) is 35.3. The SMILES string of the molecule is C.C.C.CCC[C@H](NC(=O)[C@H]1[C@@H]2CCC[C@@H]2CN1C(=O)[C@H](NC(=O)[C@H](NC(=O)c1cnccn1)C1CCCCC1)C(C)(C)C)C(=O)C(=O)NC1CC1.S.S. The molecule has 3 saturated carbocycles. The van der Waals surface area contributed by atoms with Crippen molar-refractivity contribution in [2.24, 2.45) is 23.2 Å². The van der Waals surface area contributed by atoms with E-state index in [1.165, 1.54) is 18.6 Å². The molecule has 4 aliphatic rings. The van der Waals surface area contributed by atoms with Gasteiger partial charge >= 0.3 is 0 Å². The second kappa shape index (κ2) is 22.4. The van der Waals surface area contributed by atoms with Crippen LogP contribution in [0.5, 0.6) is 0 Å². The smallest absolute Gasteiger partial charge is 0.289 e.